The summed E-state index contributed by atoms with van der Waals surface area (Å²) in [5.41, 5.74) is 7.94. The van der Waals surface area contributed by atoms with E-state index in [1.165, 1.54) is 12.1 Å². The normalized spacial score (nSPS) is 11.7. The van der Waals surface area contributed by atoms with Crippen molar-refractivity contribution in [1.82, 2.24) is 5.43 Å². The number of rotatable bonds is 5. The second kappa shape index (κ2) is 5.89. The first-order valence-corrected chi connectivity index (χ1v) is 5.08. The Bertz CT molecular complexity index is 470. The van der Waals surface area contributed by atoms with Crippen molar-refractivity contribution >= 4 is 17.7 Å². The van der Waals surface area contributed by atoms with Crippen molar-refractivity contribution in [2.45, 2.75) is 12.5 Å². The monoisotopic (exact) mass is 251 g/mol. The van der Waals surface area contributed by atoms with Crippen LogP contribution >= 0.6 is 0 Å². The average Bonchev–Trinajstić information content (AvgIpc) is 2.37. The van der Waals surface area contributed by atoms with Crippen LogP contribution in [0.5, 0.6) is 0 Å². The van der Waals surface area contributed by atoms with Crippen molar-refractivity contribution in [3.05, 3.63) is 35.4 Å². The lowest BCUT2D eigenvalue weighted by molar-refractivity contribution is -0.138. The zero-order valence-electron chi connectivity index (χ0n) is 9.42. The van der Waals surface area contributed by atoms with Crippen LogP contribution in [0.2, 0.25) is 0 Å². The molecule has 0 aliphatic rings. The number of carboxylic acid groups (broad SMARTS) is 1. The fourth-order valence-corrected chi connectivity index (χ4v) is 1.33. The molecule has 0 saturated heterocycles. The molecule has 0 unspecified atom stereocenters. The van der Waals surface area contributed by atoms with Crippen molar-refractivity contribution in [3.63, 3.8) is 0 Å². The molecule has 1 rings (SSSR count). The van der Waals surface area contributed by atoms with Gasteiger partial charge in [-0.25, -0.2) is 5.84 Å². The van der Waals surface area contributed by atoms with Gasteiger partial charge in [-0.3, -0.25) is 19.8 Å². The summed E-state index contributed by atoms with van der Waals surface area (Å²) in [5.74, 6) is 2.07. The smallest absolute Gasteiger partial charge is 0.320 e. The van der Waals surface area contributed by atoms with Gasteiger partial charge in [-0.05, 0) is 12.0 Å². The number of amides is 1. The Morgan fingerprint density at radius 1 is 1.22 bits per heavy atom. The Morgan fingerprint density at radius 2 is 1.78 bits per heavy atom. The Labute approximate surface area is 103 Å². The molecule has 18 heavy (non-hydrogen) atoms. The number of ketones is 1. The van der Waals surface area contributed by atoms with E-state index in [1.54, 1.807) is 17.6 Å². The maximum Gasteiger partial charge on any atom is 0.320 e. The van der Waals surface area contributed by atoms with E-state index in [2.05, 4.69) is 0 Å². The zero-order valence-corrected chi connectivity index (χ0v) is 9.42. The summed E-state index contributed by atoms with van der Waals surface area (Å²) in [5, 5.41) is 8.64. The van der Waals surface area contributed by atoms with Crippen molar-refractivity contribution in [1.29, 1.82) is 0 Å². The number of aliphatic carboxylic acids is 1. The second-order valence-corrected chi connectivity index (χ2v) is 3.65. The third-order valence-corrected chi connectivity index (χ3v) is 2.33. The highest BCUT2D eigenvalue weighted by molar-refractivity contribution is 6.42. The summed E-state index contributed by atoms with van der Waals surface area (Å²) < 4.78 is 0. The number of carbonyl (C=O) groups excluding carboxylic acids is 2. The molecular formula is C11H13N3O4. The van der Waals surface area contributed by atoms with Crippen molar-refractivity contribution in [2.75, 3.05) is 0 Å². The lowest BCUT2D eigenvalue weighted by Gasteiger charge is -2.06. The number of benzene rings is 1. The number of nitrogens with one attached hydrogen (secondary N) is 1. The van der Waals surface area contributed by atoms with Gasteiger partial charge in [0, 0.05) is 5.56 Å². The van der Waals surface area contributed by atoms with Crippen molar-refractivity contribution in [2.24, 2.45) is 11.6 Å². The molecule has 1 atom stereocenters. The first-order chi connectivity index (χ1) is 8.45. The molecular weight excluding hydrogens is 238 g/mol. The van der Waals surface area contributed by atoms with E-state index in [-0.39, 0.29) is 12.0 Å². The van der Waals surface area contributed by atoms with Crippen LogP contribution in [0.1, 0.15) is 15.9 Å². The third kappa shape index (κ3) is 3.37. The summed E-state index contributed by atoms with van der Waals surface area (Å²) in [6.45, 7) is 0. The molecule has 7 heteroatoms. The first-order valence-electron chi connectivity index (χ1n) is 5.08. The summed E-state index contributed by atoms with van der Waals surface area (Å²) in [4.78, 5) is 32.9. The second-order valence-electron chi connectivity index (χ2n) is 3.65. The Balaban J connectivity index is 2.77. The molecule has 0 saturated carbocycles. The van der Waals surface area contributed by atoms with E-state index >= 15 is 0 Å². The standard InChI is InChI=1S/C11H13N3O4/c12-8(11(17)18)5-6-1-3-7(4-2-6)9(15)10(16)14-13/h1-4,8H,5,12-13H2,(H,14,16)(H,17,18)/t8-/m0/s1. The minimum Gasteiger partial charge on any atom is -0.480 e. The predicted octanol–water partition coefficient (Wildman–Crippen LogP) is -1.19. The van der Waals surface area contributed by atoms with E-state index < -0.39 is 23.7 Å². The maximum absolute atomic E-state index is 11.4. The highest BCUT2D eigenvalue weighted by Crippen LogP contribution is 2.07. The highest BCUT2D eigenvalue weighted by Gasteiger charge is 2.15. The third-order valence-electron chi connectivity index (χ3n) is 2.33. The Kier molecular flexibility index (Phi) is 4.52. The lowest BCUT2D eigenvalue weighted by atomic mass is 10.0. The van der Waals surface area contributed by atoms with E-state index in [4.69, 9.17) is 16.7 Å². The summed E-state index contributed by atoms with van der Waals surface area (Å²) in [6, 6.07) is 4.92. The number of nitrogens with two attached hydrogens (primary N) is 2. The molecule has 0 radical (unpaired) electrons. The molecule has 0 spiro atoms. The maximum atomic E-state index is 11.4. The van der Waals surface area contributed by atoms with Gasteiger partial charge in [-0.1, -0.05) is 24.3 Å². The minimum absolute atomic E-state index is 0.146. The number of Topliss-reactive ketones (excluding diaryl/α,β-unsaturated/α-hetero) is 1. The summed E-state index contributed by atoms with van der Waals surface area (Å²) in [6.07, 6.45) is 0.146. The van der Waals surface area contributed by atoms with Crippen LogP contribution in [0.15, 0.2) is 24.3 Å². The molecule has 1 aromatic rings. The molecule has 1 aromatic carbocycles. The number of hydrazine groups is 1. The lowest BCUT2D eigenvalue weighted by Crippen LogP contribution is -2.36. The number of hydrogen-bond acceptors (Lipinski definition) is 5. The fraction of sp³-hybridized carbons (Fsp3) is 0.182. The Hall–Kier alpha value is -2.25. The zero-order chi connectivity index (χ0) is 13.7. The molecule has 0 aliphatic heterocycles. The van der Waals surface area contributed by atoms with Crippen LogP contribution in [0.25, 0.3) is 0 Å². The highest BCUT2D eigenvalue weighted by atomic mass is 16.4. The summed E-state index contributed by atoms with van der Waals surface area (Å²) in [7, 11) is 0. The van der Waals surface area contributed by atoms with Crippen molar-refractivity contribution in [3.8, 4) is 0 Å². The summed E-state index contributed by atoms with van der Waals surface area (Å²) >= 11 is 0. The molecule has 96 valence electrons. The van der Waals surface area contributed by atoms with Gasteiger partial charge in [-0.15, -0.1) is 0 Å². The predicted molar refractivity (Wildman–Crippen MR) is 62.4 cm³/mol. The van der Waals surface area contributed by atoms with Crippen LogP contribution < -0.4 is 17.0 Å². The van der Waals surface area contributed by atoms with Gasteiger partial charge in [-0.2, -0.15) is 0 Å². The molecule has 0 fully saturated rings. The van der Waals surface area contributed by atoms with Gasteiger partial charge in [0.1, 0.15) is 6.04 Å². The average molecular weight is 251 g/mol. The minimum atomic E-state index is -1.10. The van der Waals surface area contributed by atoms with Crippen LogP contribution in [0.3, 0.4) is 0 Å². The molecule has 0 bridgehead atoms. The van der Waals surface area contributed by atoms with Gasteiger partial charge < -0.3 is 10.8 Å². The SMILES string of the molecule is NNC(=O)C(=O)c1ccc(C[C@H](N)C(=O)O)cc1. The quantitative estimate of drug-likeness (QED) is 0.171. The van der Waals surface area contributed by atoms with Gasteiger partial charge in [0.2, 0.25) is 0 Å². The molecule has 7 nitrogen and oxygen atoms in total. The topological polar surface area (TPSA) is 136 Å². The van der Waals surface area contributed by atoms with Crippen LogP contribution in [-0.2, 0) is 16.0 Å². The Morgan fingerprint density at radius 3 is 2.22 bits per heavy atom. The van der Waals surface area contributed by atoms with Crippen LogP contribution in [-0.4, -0.2) is 28.8 Å². The van der Waals surface area contributed by atoms with Crippen LogP contribution in [0.4, 0.5) is 0 Å². The fourth-order valence-electron chi connectivity index (χ4n) is 1.33. The van der Waals surface area contributed by atoms with Gasteiger partial charge in [0.15, 0.2) is 0 Å². The van der Waals surface area contributed by atoms with Gasteiger partial charge in [0.25, 0.3) is 5.78 Å². The number of carboxylic acids is 1. The molecule has 1 amide bonds. The first kappa shape index (κ1) is 13.8. The van der Waals surface area contributed by atoms with Crippen LogP contribution in [0, 0.1) is 0 Å². The van der Waals surface area contributed by atoms with E-state index in [0.717, 1.165) is 0 Å². The number of hydrogen-bond donors (Lipinski definition) is 4. The van der Waals surface area contributed by atoms with Crippen molar-refractivity contribution < 1.29 is 19.5 Å². The number of carbonyl (C=O) groups is 3. The van der Waals surface area contributed by atoms with E-state index in [1.807, 2.05) is 0 Å². The molecule has 0 aromatic heterocycles. The van der Waals surface area contributed by atoms with Gasteiger partial charge >= 0.3 is 11.9 Å². The molecule has 0 heterocycles. The molecule has 0 aliphatic carbocycles. The largest absolute Gasteiger partial charge is 0.480 e. The van der Waals surface area contributed by atoms with Gasteiger partial charge in [0.05, 0.1) is 0 Å². The molecule has 6 N–H and O–H groups in total. The van der Waals surface area contributed by atoms with E-state index in [9.17, 15) is 14.4 Å². The van der Waals surface area contributed by atoms with E-state index in [0.29, 0.717) is 5.56 Å².